The topological polar surface area (TPSA) is 105 Å². The van der Waals surface area contributed by atoms with Gasteiger partial charge in [-0.05, 0) is 17.9 Å². The number of nitrogens with two attached hydrogens (primary N) is 1. The van der Waals surface area contributed by atoms with Crippen molar-refractivity contribution >= 4 is 12.0 Å². The monoisotopic (exact) mass is 379 g/mol. The highest BCUT2D eigenvalue weighted by Gasteiger charge is 2.26. The molecule has 0 spiro atoms. The van der Waals surface area contributed by atoms with Crippen molar-refractivity contribution in [2.45, 2.75) is 52.3 Å². The van der Waals surface area contributed by atoms with Gasteiger partial charge in [-0.15, -0.1) is 0 Å². The van der Waals surface area contributed by atoms with Crippen LogP contribution in [0.4, 0.5) is 4.79 Å². The van der Waals surface area contributed by atoms with E-state index in [1.54, 1.807) is 0 Å². The molecule has 0 heterocycles. The van der Waals surface area contributed by atoms with Crippen LogP contribution in [0.5, 0.6) is 0 Å². The summed E-state index contributed by atoms with van der Waals surface area (Å²) in [6.07, 6.45) is 0.0208. The summed E-state index contributed by atoms with van der Waals surface area (Å²) in [7, 11) is 0. The van der Waals surface area contributed by atoms with Crippen molar-refractivity contribution in [3.8, 4) is 0 Å². The van der Waals surface area contributed by atoms with Gasteiger partial charge in [-0.2, -0.15) is 0 Å². The third-order valence-corrected chi connectivity index (χ3v) is 4.01. The zero-order chi connectivity index (χ0) is 20.2. The number of aliphatic hydroxyl groups is 1. The standard InChI is InChI=1S/C20H33N3O4/c1-4-8-18(24)17(22-19(25)11-21)13-23(20(26)27-14-15(2)3)12-16-9-6-5-7-10-16/h5-7,9-10,15,17-18,24H,4,8,11-14,21H2,1-3H3,(H,22,25)/t17-,18-/m0/s1. The molecule has 0 bridgehead atoms. The molecule has 0 fully saturated rings. The zero-order valence-corrected chi connectivity index (χ0v) is 16.6. The highest BCUT2D eigenvalue weighted by molar-refractivity contribution is 5.78. The number of nitrogens with one attached hydrogen (secondary N) is 1. The lowest BCUT2D eigenvalue weighted by Gasteiger charge is -2.30. The predicted molar refractivity (Wildman–Crippen MR) is 105 cm³/mol. The fourth-order valence-corrected chi connectivity index (χ4v) is 2.60. The number of hydrogen-bond acceptors (Lipinski definition) is 5. The Balaban J connectivity index is 2.94. The van der Waals surface area contributed by atoms with Crippen molar-refractivity contribution in [1.29, 1.82) is 0 Å². The second-order valence-electron chi connectivity index (χ2n) is 7.07. The van der Waals surface area contributed by atoms with Gasteiger partial charge in [0.15, 0.2) is 0 Å². The van der Waals surface area contributed by atoms with Crippen LogP contribution in [0.25, 0.3) is 0 Å². The van der Waals surface area contributed by atoms with Gasteiger partial charge in [-0.1, -0.05) is 57.5 Å². The lowest BCUT2D eigenvalue weighted by molar-refractivity contribution is -0.121. The molecule has 7 nitrogen and oxygen atoms in total. The maximum atomic E-state index is 12.6. The second kappa shape index (κ2) is 12.3. The van der Waals surface area contributed by atoms with Gasteiger partial charge in [0.2, 0.25) is 5.91 Å². The van der Waals surface area contributed by atoms with Crippen LogP contribution in [0.1, 0.15) is 39.2 Å². The van der Waals surface area contributed by atoms with E-state index in [-0.39, 0.29) is 24.9 Å². The van der Waals surface area contributed by atoms with Crippen molar-refractivity contribution in [2.24, 2.45) is 11.7 Å². The highest BCUT2D eigenvalue weighted by Crippen LogP contribution is 2.11. The number of benzene rings is 1. The Bertz CT molecular complexity index is 566. The van der Waals surface area contributed by atoms with Gasteiger partial charge in [0.1, 0.15) is 0 Å². The Morgan fingerprint density at radius 2 is 1.93 bits per heavy atom. The molecule has 2 atom stereocenters. The van der Waals surface area contributed by atoms with Crippen LogP contribution >= 0.6 is 0 Å². The number of ether oxygens (including phenoxy) is 1. The third-order valence-electron chi connectivity index (χ3n) is 4.01. The number of rotatable bonds is 11. The van der Waals surface area contributed by atoms with E-state index < -0.39 is 18.2 Å². The van der Waals surface area contributed by atoms with Gasteiger partial charge in [-0.3, -0.25) is 4.79 Å². The molecule has 0 saturated carbocycles. The Labute approximate surface area is 161 Å². The molecule has 4 N–H and O–H groups in total. The lowest BCUT2D eigenvalue weighted by Crippen LogP contribution is -2.52. The first-order valence-corrected chi connectivity index (χ1v) is 9.50. The van der Waals surface area contributed by atoms with Crippen LogP contribution in [-0.2, 0) is 16.1 Å². The van der Waals surface area contributed by atoms with Gasteiger partial charge >= 0.3 is 6.09 Å². The molecule has 27 heavy (non-hydrogen) atoms. The van der Waals surface area contributed by atoms with Crippen LogP contribution in [-0.4, -0.2) is 53.8 Å². The second-order valence-corrected chi connectivity index (χ2v) is 7.07. The van der Waals surface area contributed by atoms with Gasteiger partial charge in [-0.25, -0.2) is 4.79 Å². The van der Waals surface area contributed by atoms with E-state index in [0.29, 0.717) is 19.6 Å². The predicted octanol–water partition coefficient (Wildman–Crippen LogP) is 1.89. The number of nitrogens with zero attached hydrogens (tertiary/aromatic N) is 1. The van der Waals surface area contributed by atoms with Crippen LogP contribution in [0, 0.1) is 5.92 Å². The minimum atomic E-state index is -0.776. The van der Waals surface area contributed by atoms with Gasteiger partial charge in [0.25, 0.3) is 0 Å². The smallest absolute Gasteiger partial charge is 0.410 e. The van der Waals surface area contributed by atoms with Crippen LogP contribution < -0.4 is 11.1 Å². The Kier molecular flexibility index (Phi) is 10.4. The molecule has 2 amide bonds. The molecule has 0 aliphatic rings. The molecule has 7 heteroatoms. The van der Waals surface area contributed by atoms with Gasteiger partial charge in [0.05, 0.1) is 25.3 Å². The lowest BCUT2D eigenvalue weighted by atomic mass is 10.1. The van der Waals surface area contributed by atoms with E-state index >= 15 is 0 Å². The maximum Gasteiger partial charge on any atom is 0.410 e. The van der Waals surface area contributed by atoms with E-state index in [2.05, 4.69) is 5.32 Å². The summed E-state index contributed by atoms with van der Waals surface area (Å²) in [6.45, 7) is 6.47. The van der Waals surface area contributed by atoms with Gasteiger partial charge < -0.3 is 25.8 Å². The van der Waals surface area contributed by atoms with Crippen LogP contribution in [0.15, 0.2) is 30.3 Å². The molecule has 0 aliphatic carbocycles. The van der Waals surface area contributed by atoms with E-state index in [4.69, 9.17) is 10.5 Å². The number of aliphatic hydroxyl groups excluding tert-OH is 1. The normalized spacial score (nSPS) is 13.1. The molecule has 1 aromatic rings. The number of carbonyl (C=O) groups excluding carboxylic acids is 2. The molecule has 0 unspecified atom stereocenters. The molecule has 152 valence electrons. The summed E-state index contributed by atoms with van der Waals surface area (Å²) in [5, 5.41) is 13.2. The van der Waals surface area contributed by atoms with Crippen molar-refractivity contribution in [3.05, 3.63) is 35.9 Å². The van der Waals surface area contributed by atoms with Crippen molar-refractivity contribution in [3.63, 3.8) is 0 Å². The summed E-state index contributed by atoms with van der Waals surface area (Å²) in [6, 6.07) is 8.91. The van der Waals surface area contributed by atoms with Crippen molar-refractivity contribution in [1.82, 2.24) is 10.2 Å². The first-order chi connectivity index (χ1) is 12.9. The molecular formula is C20H33N3O4. The molecule has 0 saturated heterocycles. The highest BCUT2D eigenvalue weighted by atomic mass is 16.6. The maximum absolute atomic E-state index is 12.6. The number of amides is 2. The van der Waals surface area contributed by atoms with E-state index in [1.165, 1.54) is 4.90 Å². The molecular weight excluding hydrogens is 346 g/mol. The van der Waals surface area contributed by atoms with Crippen molar-refractivity contribution < 1.29 is 19.4 Å². The van der Waals surface area contributed by atoms with E-state index in [0.717, 1.165) is 12.0 Å². The quantitative estimate of drug-likeness (QED) is 0.544. The average Bonchev–Trinajstić information content (AvgIpc) is 2.65. The Morgan fingerprint density at radius 3 is 2.48 bits per heavy atom. The minimum absolute atomic E-state index is 0.138. The summed E-state index contributed by atoms with van der Waals surface area (Å²) in [4.78, 5) is 25.9. The largest absolute Gasteiger partial charge is 0.449 e. The summed E-state index contributed by atoms with van der Waals surface area (Å²) in [5.74, 6) is -0.156. The number of hydrogen-bond donors (Lipinski definition) is 3. The molecule has 1 rings (SSSR count). The number of carbonyl (C=O) groups is 2. The fourth-order valence-electron chi connectivity index (χ4n) is 2.60. The average molecular weight is 380 g/mol. The Hall–Kier alpha value is -2.12. The van der Waals surface area contributed by atoms with Crippen LogP contribution in [0.2, 0.25) is 0 Å². The van der Waals surface area contributed by atoms with Crippen molar-refractivity contribution in [2.75, 3.05) is 19.7 Å². The molecule has 0 radical (unpaired) electrons. The van der Waals surface area contributed by atoms with E-state index in [9.17, 15) is 14.7 Å². The zero-order valence-electron chi connectivity index (χ0n) is 16.6. The molecule has 1 aromatic carbocycles. The fraction of sp³-hybridized carbons (Fsp3) is 0.600. The van der Waals surface area contributed by atoms with E-state index in [1.807, 2.05) is 51.1 Å². The summed E-state index contributed by atoms with van der Waals surface area (Å²) in [5.41, 5.74) is 6.33. The molecule has 0 aromatic heterocycles. The van der Waals surface area contributed by atoms with Crippen LogP contribution in [0.3, 0.4) is 0 Å². The first kappa shape index (κ1) is 22.9. The summed E-state index contributed by atoms with van der Waals surface area (Å²) < 4.78 is 5.38. The Morgan fingerprint density at radius 1 is 1.26 bits per heavy atom. The molecule has 0 aliphatic heterocycles. The summed E-state index contributed by atoms with van der Waals surface area (Å²) >= 11 is 0. The SMILES string of the molecule is CCC[C@H](O)[C@H](CN(Cc1ccccc1)C(=O)OCC(C)C)NC(=O)CN. The van der Waals surface area contributed by atoms with Gasteiger partial charge in [0, 0.05) is 13.1 Å². The first-order valence-electron chi connectivity index (χ1n) is 9.50. The third kappa shape index (κ3) is 8.88. The minimum Gasteiger partial charge on any atom is -0.449 e.